The van der Waals surface area contributed by atoms with E-state index in [2.05, 4.69) is 14.8 Å². The van der Waals surface area contributed by atoms with E-state index in [0.717, 1.165) is 49.6 Å². The van der Waals surface area contributed by atoms with E-state index < -0.39 is 0 Å². The first kappa shape index (κ1) is 14.4. The maximum absolute atomic E-state index is 12.9. The summed E-state index contributed by atoms with van der Waals surface area (Å²) in [6.45, 7) is 1.79. The smallest absolute Gasteiger partial charge is 0.254 e. The zero-order valence-corrected chi connectivity index (χ0v) is 13.3. The van der Waals surface area contributed by atoms with Crippen LogP contribution in [0.3, 0.4) is 0 Å². The van der Waals surface area contributed by atoms with Gasteiger partial charge in [0.2, 0.25) is 0 Å². The van der Waals surface area contributed by atoms with Gasteiger partial charge >= 0.3 is 0 Å². The molecule has 0 N–H and O–H groups in total. The number of aromatic nitrogens is 3. The molecule has 120 valence electrons. The number of carbonyl (C=O) groups excluding carboxylic acids is 1. The lowest BCUT2D eigenvalue weighted by atomic mass is 10.1. The Kier molecular flexibility index (Phi) is 3.85. The molecule has 2 aliphatic heterocycles. The van der Waals surface area contributed by atoms with Crippen LogP contribution < -0.4 is 0 Å². The minimum atomic E-state index is 0.0713. The van der Waals surface area contributed by atoms with Gasteiger partial charge in [-0.2, -0.15) is 0 Å². The van der Waals surface area contributed by atoms with Crippen LogP contribution >= 0.6 is 0 Å². The summed E-state index contributed by atoms with van der Waals surface area (Å²) in [5.41, 5.74) is 0.759. The maximum Gasteiger partial charge on any atom is 0.254 e. The predicted molar refractivity (Wildman–Crippen MR) is 87.0 cm³/mol. The van der Waals surface area contributed by atoms with Gasteiger partial charge in [-0.25, -0.2) is 0 Å². The Morgan fingerprint density at radius 1 is 1.00 bits per heavy atom. The number of benzene rings is 1. The second-order valence-electron chi connectivity index (χ2n) is 6.46. The SMILES string of the molecule is O=C(c1ccccc1)N1CCC[C@@H]1c1nnc2n1CCCCC2. The number of nitrogens with zero attached hydrogens (tertiary/aromatic N) is 4. The highest BCUT2D eigenvalue weighted by molar-refractivity contribution is 5.94. The van der Waals surface area contributed by atoms with E-state index in [9.17, 15) is 4.79 Å². The van der Waals surface area contributed by atoms with Crippen molar-refractivity contribution in [3.63, 3.8) is 0 Å². The second kappa shape index (κ2) is 6.14. The molecule has 5 nitrogen and oxygen atoms in total. The molecule has 0 radical (unpaired) electrons. The minimum Gasteiger partial charge on any atom is -0.328 e. The average Bonchev–Trinajstić information content (AvgIpc) is 3.16. The third kappa shape index (κ3) is 2.64. The summed E-state index contributed by atoms with van der Waals surface area (Å²) in [7, 11) is 0. The van der Waals surface area contributed by atoms with Crippen molar-refractivity contribution in [1.29, 1.82) is 0 Å². The zero-order valence-electron chi connectivity index (χ0n) is 13.3. The molecule has 0 aliphatic carbocycles. The molecule has 1 aromatic heterocycles. The summed E-state index contributed by atoms with van der Waals surface area (Å²) < 4.78 is 2.27. The lowest BCUT2D eigenvalue weighted by Gasteiger charge is -2.24. The summed E-state index contributed by atoms with van der Waals surface area (Å²) in [6.07, 6.45) is 6.64. The lowest BCUT2D eigenvalue weighted by Crippen LogP contribution is -2.32. The fourth-order valence-corrected chi connectivity index (χ4v) is 3.78. The minimum absolute atomic E-state index is 0.0713. The first-order chi connectivity index (χ1) is 11.3. The number of amides is 1. The van der Waals surface area contributed by atoms with Crippen LogP contribution in [0.1, 0.15) is 60.2 Å². The van der Waals surface area contributed by atoms with Crippen LogP contribution in [-0.4, -0.2) is 32.1 Å². The molecule has 0 saturated carbocycles. The van der Waals surface area contributed by atoms with Crippen LogP contribution in [0.2, 0.25) is 0 Å². The molecule has 3 heterocycles. The largest absolute Gasteiger partial charge is 0.328 e. The normalized spacial score (nSPS) is 21.0. The molecule has 1 aromatic carbocycles. The molecule has 4 rings (SSSR count). The summed E-state index contributed by atoms with van der Waals surface area (Å²) >= 11 is 0. The lowest BCUT2D eigenvalue weighted by molar-refractivity contribution is 0.0727. The molecule has 2 aromatic rings. The van der Waals surface area contributed by atoms with Crippen molar-refractivity contribution in [2.45, 2.75) is 51.1 Å². The summed E-state index contributed by atoms with van der Waals surface area (Å²) in [4.78, 5) is 14.8. The number of aryl methyl sites for hydroxylation is 1. The van der Waals surface area contributed by atoms with Crippen molar-refractivity contribution in [3.8, 4) is 0 Å². The van der Waals surface area contributed by atoms with E-state index in [1.807, 2.05) is 35.2 Å². The number of likely N-dealkylation sites (tertiary alicyclic amines) is 1. The number of fused-ring (bicyclic) bond motifs is 1. The van der Waals surface area contributed by atoms with Crippen LogP contribution in [-0.2, 0) is 13.0 Å². The van der Waals surface area contributed by atoms with Crippen LogP contribution in [0, 0.1) is 0 Å². The summed E-state index contributed by atoms with van der Waals surface area (Å²) in [5.74, 6) is 2.19. The van der Waals surface area contributed by atoms with Gasteiger partial charge in [0.15, 0.2) is 5.82 Å². The Balaban J connectivity index is 1.64. The third-order valence-electron chi connectivity index (χ3n) is 4.97. The molecule has 0 bridgehead atoms. The zero-order chi connectivity index (χ0) is 15.6. The fourth-order valence-electron chi connectivity index (χ4n) is 3.78. The van der Waals surface area contributed by atoms with Gasteiger partial charge in [0.25, 0.3) is 5.91 Å². The van der Waals surface area contributed by atoms with Crippen LogP contribution in [0.5, 0.6) is 0 Å². The second-order valence-corrected chi connectivity index (χ2v) is 6.46. The number of carbonyl (C=O) groups is 1. The van der Waals surface area contributed by atoms with Crippen molar-refractivity contribution >= 4 is 5.91 Å². The van der Waals surface area contributed by atoms with Crippen molar-refractivity contribution in [3.05, 3.63) is 47.5 Å². The van der Waals surface area contributed by atoms with Crippen molar-refractivity contribution < 1.29 is 4.79 Å². The predicted octanol–water partition coefficient (Wildman–Crippen LogP) is 2.98. The monoisotopic (exact) mass is 310 g/mol. The Morgan fingerprint density at radius 2 is 1.87 bits per heavy atom. The van der Waals surface area contributed by atoms with Gasteiger partial charge in [-0.05, 0) is 37.8 Å². The molecular weight excluding hydrogens is 288 g/mol. The van der Waals surface area contributed by atoms with Gasteiger partial charge < -0.3 is 9.47 Å². The number of rotatable bonds is 2. The van der Waals surface area contributed by atoms with Crippen molar-refractivity contribution in [1.82, 2.24) is 19.7 Å². The van der Waals surface area contributed by atoms with E-state index in [1.165, 1.54) is 19.3 Å². The van der Waals surface area contributed by atoms with Crippen molar-refractivity contribution in [2.24, 2.45) is 0 Å². The van der Waals surface area contributed by atoms with Crippen LogP contribution in [0.15, 0.2) is 30.3 Å². The van der Waals surface area contributed by atoms with Crippen LogP contribution in [0.25, 0.3) is 0 Å². The molecule has 0 spiro atoms. The van der Waals surface area contributed by atoms with Gasteiger partial charge in [-0.15, -0.1) is 10.2 Å². The molecule has 1 saturated heterocycles. The fraction of sp³-hybridized carbons (Fsp3) is 0.500. The Labute approximate surface area is 136 Å². The maximum atomic E-state index is 12.9. The molecule has 23 heavy (non-hydrogen) atoms. The molecule has 0 unspecified atom stereocenters. The highest BCUT2D eigenvalue weighted by atomic mass is 16.2. The van der Waals surface area contributed by atoms with Gasteiger partial charge in [-0.1, -0.05) is 24.6 Å². The molecular formula is C18H22N4O. The van der Waals surface area contributed by atoms with Gasteiger partial charge in [0, 0.05) is 25.1 Å². The molecule has 1 atom stereocenters. The van der Waals surface area contributed by atoms with E-state index in [4.69, 9.17) is 0 Å². The van der Waals surface area contributed by atoms with Gasteiger partial charge in [0.1, 0.15) is 5.82 Å². The topological polar surface area (TPSA) is 51.0 Å². The first-order valence-corrected chi connectivity index (χ1v) is 8.62. The number of hydrogen-bond donors (Lipinski definition) is 0. The average molecular weight is 310 g/mol. The molecule has 2 aliphatic rings. The third-order valence-corrected chi connectivity index (χ3v) is 4.97. The quantitative estimate of drug-likeness (QED) is 0.857. The van der Waals surface area contributed by atoms with Crippen molar-refractivity contribution in [2.75, 3.05) is 6.54 Å². The highest BCUT2D eigenvalue weighted by Gasteiger charge is 2.34. The molecule has 5 heteroatoms. The Morgan fingerprint density at radius 3 is 2.74 bits per heavy atom. The van der Waals surface area contributed by atoms with Gasteiger partial charge in [-0.3, -0.25) is 4.79 Å². The van der Waals surface area contributed by atoms with E-state index in [0.29, 0.717) is 0 Å². The first-order valence-electron chi connectivity index (χ1n) is 8.62. The highest BCUT2D eigenvalue weighted by Crippen LogP contribution is 2.33. The molecule has 1 fully saturated rings. The summed E-state index contributed by atoms with van der Waals surface area (Å²) in [6, 6.07) is 9.63. The van der Waals surface area contributed by atoms with E-state index in [1.54, 1.807) is 0 Å². The number of hydrogen-bond acceptors (Lipinski definition) is 3. The van der Waals surface area contributed by atoms with Crippen LogP contribution in [0.4, 0.5) is 0 Å². The molecule has 1 amide bonds. The standard InChI is InChI=1S/C18H22N4O/c23-18(14-8-3-1-4-9-14)21-13-7-10-15(21)17-20-19-16-11-5-2-6-12-22(16)17/h1,3-4,8-9,15H,2,5-7,10-13H2/t15-/m1/s1. The van der Waals surface area contributed by atoms with Gasteiger partial charge in [0.05, 0.1) is 6.04 Å². The van der Waals surface area contributed by atoms with E-state index >= 15 is 0 Å². The summed E-state index contributed by atoms with van der Waals surface area (Å²) in [5, 5.41) is 8.87. The Hall–Kier alpha value is -2.17. The van der Waals surface area contributed by atoms with E-state index in [-0.39, 0.29) is 11.9 Å². The Bertz CT molecular complexity index is 694.